The molecular weight excluding hydrogens is 448 g/mol. The molecule has 0 radical (unpaired) electrons. The van der Waals surface area contributed by atoms with Gasteiger partial charge in [-0.25, -0.2) is 4.79 Å². The first-order chi connectivity index (χ1) is 16.6. The average molecular weight is 483 g/mol. The number of hydrogen-bond acceptors (Lipinski definition) is 5. The lowest BCUT2D eigenvalue weighted by Gasteiger charge is -2.36. The van der Waals surface area contributed by atoms with Gasteiger partial charge in [0, 0.05) is 25.0 Å². The van der Waals surface area contributed by atoms with Gasteiger partial charge in [-0.05, 0) is 48.9 Å². The molecule has 0 saturated carbocycles. The van der Waals surface area contributed by atoms with E-state index in [1.165, 1.54) is 7.11 Å². The highest BCUT2D eigenvalue weighted by Crippen LogP contribution is 2.44. The molecule has 35 heavy (non-hydrogen) atoms. The fourth-order valence-electron chi connectivity index (χ4n) is 4.49. The first-order valence-corrected chi connectivity index (χ1v) is 11.8. The minimum Gasteiger partial charge on any atom is -0.481 e. The Bertz CT molecular complexity index is 1040. The smallest absolute Gasteiger partial charge is 0.408 e. The summed E-state index contributed by atoms with van der Waals surface area (Å²) in [7, 11) is 1.45. The molecule has 8 nitrogen and oxygen atoms in total. The topological polar surface area (TPSA) is 114 Å². The van der Waals surface area contributed by atoms with E-state index >= 15 is 0 Å². The van der Waals surface area contributed by atoms with Crippen LogP contribution in [0.3, 0.4) is 0 Å². The van der Waals surface area contributed by atoms with Crippen LogP contribution in [-0.4, -0.2) is 54.5 Å². The number of carboxylic acids is 1. The largest absolute Gasteiger partial charge is 0.481 e. The molecular formula is C27H34N2O6. The van der Waals surface area contributed by atoms with Crippen molar-refractivity contribution in [3.8, 4) is 11.1 Å². The lowest BCUT2D eigenvalue weighted by Crippen LogP contribution is -2.64. The lowest BCUT2D eigenvalue weighted by molar-refractivity contribution is -0.138. The summed E-state index contributed by atoms with van der Waals surface area (Å²) >= 11 is 0. The van der Waals surface area contributed by atoms with Crippen LogP contribution < -0.4 is 10.6 Å². The Labute approximate surface area is 206 Å². The van der Waals surface area contributed by atoms with E-state index in [0.717, 1.165) is 22.3 Å². The van der Waals surface area contributed by atoms with Crippen LogP contribution in [0, 0.1) is 0 Å². The molecule has 0 spiro atoms. The zero-order valence-corrected chi connectivity index (χ0v) is 20.7. The van der Waals surface area contributed by atoms with E-state index in [1.807, 2.05) is 36.4 Å². The number of carbonyl (C=O) groups excluding carboxylic acids is 2. The number of methoxy groups -OCH3 is 1. The maximum Gasteiger partial charge on any atom is 0.408 e. The maximum atomic E-state index is 13.3. The Morgan fingerprint density at radius 3 is 2.06 bits per heavy atom. The Kier molecular flexibility index (Phi) is 8.17. The number of rotatable bonds is 11. The molecule has 8 heteroatoms. The van der Waals surface area contributed by atoms with Crippen molar-refractivity contribution in [2.24, 2.45) is 0 Å². The summed E-state index contributed by atoms with van der Waals surface area (Å²) < 4.78 is 10.9. The Hall–Kier alpha value is -3.39. The molecule has 0 aromatic heterocycles. The highest BCUT2D eigenvalue weighted by atomic mass is 16.5. The minimum atomic E-state index is -1.36. The van der Waals surface area contributed by atoms with E-state index in [1.54, 1.807) is 20.8 Å². The van der Waals surface area contributed by atoms with Gasteiger partial charge in [0.1, 0.15) is 12.1 Å². The van der Waals surface area contributed by atoms with Crippen LogP contribution in [0.4, 0.5) is 4.79 Å². The summed E-state index contributed by atoms with van der Waals surface area (Å²) in [5.41, 5.74) is 2.30. The third-order valence-corrected chi connectivity index (χ3v) is 6.53. The zero-order valence-electron chi connectivity index (χ0n) is 20.7. The van der Waals surface area contributed by atoms with E-state index in [9.17, 15) is 14.4 Å². The highest BCUT2D eigenvalue weighted by Gasteiger charge is 2.41. The van der Waals surface area contributed by atoms with Crippen LogP contribution >= 0.6 is 0 Å². The molecule has 0 aliphatic heterocycles. The normalized spacial score (nSPS) is 14.4. The van der Waals surface area contributed by atoms with Gasteiger partial charge < -0.3 is 25.2 Å². The molecule has 1 aliphatic rings. The number of aliphatic carboxylic acids is 1. The maximum absolute atomic E-state index is 13.3. The number of carboxylic acid groups (broad SMARTS) is 1. The van der Waals surface area contributed by atoms with Crippen molar-refractivity contribution in [1.82, 2.24) is 10.6 Å². The predicted octanol–water partition coefficient (Wildman–Crippen LogP) is 4.08. The molecule has 2 aromatic carbocycles. The van der Waals surface area contributed by atoms with Crippen LogP contribution in [0.15, 0.2) is 48.5 Å². The van der Waals surface area contributed by atoms with Gasteiger partial charge >= 0.3 is 12.1 Å². The van der Waals surface area contributed by atoms with Gasteiger partial charge in [-0.2, -0.15) is 0 Å². The third kappa shape index (κ3) is 6.00. The number of ether oxygens (including phenoxy) is 2. The van der Waals surface area contributed by atoms with Crippen LogP contribution in [0.1, 0.15) is 57.1 Å². The molecule has 2 aromatic rings. The molecule has 1 aliphatic carbocycles. The molecule has 3 N–H and O–H groups in total. The fraction of sp³-hybridized carbons (Fsp3) is 0.444. The number of fused-ring (bicyclic) bond motifs is 3. The molecule has 0 bridgehead atoms. The van der Waals surface area contributed by atoms with Crippen molar-refractivity contribution >= 4 is 18.0 Å². The zero-order chi connectivity index (χ0) is 25.6. The molecule has 0 fully saturated rings. The Morgan fingerprint density at radius 1 is 0.971 bits per heavy atom. The Morgan fingerprint density at radius 2 is 1.54 bits per heavy atom. The van der Waals surface area contributed by atoms with E-state index in [2.05, 4.69) is 22.8 Å². The fourth-order valence-corrected chi connectivity index (χ4v) is 4.49. The molecule has 3 rings (SSSR count). The van der Waals surface area contributed by atoms with Gasteiger partial charge in [-0.3, -0.25) is 9.59 Å². The quantitative estimate of drug-likeness (QED) is 0.445. The van der Waals surface area contributed by atoms with Crippen molar-refractivity contribution in [2.45, 2.75) is 57.0 Å². The van der Waals surface area contributed by atoms with Gasteiger partial charge in [-0.1, -0.05) is 55.5 Å². The van der Waals surface area contributed by atoms with Gasteiger partial charge in [0.2, 0.25) is 5.91 Å². The average Bonchev–Trinajstić information content (AvgIpc) is 3.14. The highest BCUT2D eigenvalue weighted by molar-refractivity contribution is 5.90. The number of carbonyl (C=O) groups is 3. The Balaban J connectivity index is 1.71. The van der Waals surface area contributed by atoms with Crippen LogP contribution in [0.5, 0.6) is 0 Å². The molecule has 0 heterocycles. The molecule has 188 valence electrons. The second-order valence-corrected chi connectivity index (χ2v) is 9.55. The summed E-state index contributed by atoms with van der Waals surface area (Å²) in [5.74, 6) is -1.50. The van der Waals surface area contributed by atoms with Crippen molar-refractivity contribution in [2.75, 3.05) is 20.3 Å². The van der Waals surface area contributed by atoms with Gasteiger partial charge in [0.05, 0.1) is 6.61 Å². The van der Waals surface area contributed by atoms with Gasteiger partial charge in [0.15, 0.2) is 0 Å². The van der Waals surface area contributed by atoms with Gasteiger partial charge in [0.25, 0.3) is 0 Å². The first-order valence-electron chi connectivity index (χ1n) is 11.8. The molecule has 2 amide bonds. The van der Waals surface area contributed by atoms with E-state index in [-0.39, 0.29) is 38.4 Å². The van der Waals surface area contributed by atoms with Crippen molar-refractivity contribution in [1.29, 1.82) is 0 Å². The summed E-state index contributed by atoms with van der Waals surface area (Å²) in [5, 5.41) is 14.6. The molecule has 1 atom stereocenters. The van der Waals surface area contributed by atoms with Crippen molar-refractivity contribution < 1.29 is 29.0 Å². The van der Waals surface area contributed by atoms with Crippen LogP contribution in [-0.2, 0) is 19.1 Å². The second kappa shape index (κ2) is 10.9. The molecule has 1 unspecified atom stereocenters. The number of amides is 2. The summed E-state index contributed by atoms with van der Waals surface area (Å²) in [4.78, 5) is 37.1. The summed E-state index contributed by atoms with van der Waals surface area (Å²) in [6.07, 6.45) is -0.307. The lowest BCUT2D eigenvalue weighted by atomic mass is 9.92. The standard InChI is InChI=1S/C27H34N2O6/c1-5-27(17-34-4,24(32)28-26(2,3)15-14-23(30)31)29-25(33)35-16-22-20-12-8-6-10-18(20)19-11-7-9-13-21(19)22/h6-13,22H,5,14-17H2,1-4H3,(H,28,32)(H,29,33)(H,30,31). The molecule has 0 saturated heterocycles. The van der Waals surface area contributed by atoms with E-state index in [4.69, 9.17) is 14.6 Å². The van der Waals surface area contributed by atoms with Crippen molar-refractivity contribution in [3.05, 3.63) is 59.7 Å². The third-order valence-electron chi connectivity index (χ3n) is 6.53. The number of alkyl carbamates (subject to hydrolysis) is 1. The predicted molar refractivity (Wildman–Crippen MR) is 132 cm³/mol. The monoisotopic (exact) mass is 482 g/mol. The SMILES string of the molecule is CCC(COC)(NC(=O)OCC1c2ccccc2-c2ccccc21)C(=O)NC(C)(C)CCC(=O)O. The first kappa shape index (κ1) is 26.2. The number of hydrogen-bond donors (Lipinski definition) is 3. The van der Waals surface area contributed by atoms with E-state index in [0.29, 0.717) is 0 Å². The van der Waals surface area contributed by atoms with Crippen molar-refractivity contribution in [3.63, 3.8) is 0 Å². The second-order valence-electron chi connectivity index (χ2n) is 9.55. The summed E-state index contributed by atoms with van der Waals surface area (Å²) in [6, 6.07) is 16.1. The van der Waals surface area contributed by atoms with Crippen LogP contribution in [0.2, 0.25) is 0 Å². The van der Waals surface area contributed by atoms with Crippen LogP contribution in [0.25, 0.3) is 11.1 Å². The minimum absolute atomic E-state index is 0.0610. The number of benzene rings is 2. The van der Waals surface area contributed by atoms with E-state index < -0.39 is 29.0 Å². The number of nitrogens with one attached hydrogen (secondary N) is 2. The summed E-state index contributed by atoms with van der Waals surface area (Å²) in [6.45, 7) is 5.32. The van der Waals surface area contributed by atoms with Gasteiger partial charge in [-0.15, -0.1) is 0 Å².